The Bertz CT molecular complexity index is 484. The van der Waals surface area contributed by atoms with E-state index in [0.717, 1.165) is 5.56 Å². The lowest BCUT2D eigenvalue weighted by molar-refractivity contribution is -0.123. The van der Waals surface area contributed by atoms with Crippen molar-refractivity contribution in [3.05, 3.63) is 35.9 Å². The topological polar surface area (TPSA) is 75.9 Å². The van der Waals surface area contributed by atoms with Crippen molar-refractivity contribution < 1.29 is 14.3 Å². The van der Waals surface area contributed by atoms with Gasteiger partial charge in [0.2, 0.25) is 5.91 Å². The fraction of sp³-hybridized carbons (Fsp3) is 0.467. The quantitative estimate of drug-likeness (QED) is 0.891. The molecule has 1 unspecified atom stereocenters. The highest BCUT2D eigenvalue weighted by atomic mass is 16.6. The maximum Gasteiger partial charge on any atom is 0.410 e. The molecule has 1 fully saturated rings. The molecule has 1 aliphatic heterocycles. The minimum atomic E-state index is -0.338. The summed E-state index contributed by atoms with van der Waals surface area (Å²) in [6.45, 7) is 4.41. The average molecular weight is 291 g/mol. The first-order valence-electron chi connectivity index (χ1n) is 7.07. The van der Waals surface area contributed by atoms with Crippen molar-refractivity contribution in [1.82, 2.24) is 9.80 Å². The first-order chi connectivity index (χ1) is 10.1. The number of hydrogen-bond donors (Lipinski definition) is 1. The van der Waals surface area contributed by atoms with Crippen LogP contribution in [0.4, 0.5) is 4.79 Å². The van der Waals surface area contributed by atoms with Gasteiger partial charge in [0.05, 0.1) is 6.04 Å². The Kier molecular flexibility index (Phi) is 5.16. The van der Waals surface area contributed by atoms with Crippen molar-refractivity contribution in [2.75, 3.05) is 26.2 Å². The number of ether oxygens (including phenoxy) is 1. The zero-order valence-electron chi connectivity index (χ0n) is 12.2. The normalized spacial score (nSPS) is 17.3. The monoisotopic (exact) mass is 291 g/mol. The van der Waals surface area contributed by atoms with Gasteiger partial charge in [-0.1, -0.05) is 30.3 Å². The van der Waals surface area contributed by atoms with Crippen LogP contribution in [-0.2, 0) is 16.1 Å². The smallest absolute Gasteiger partial charge is 0.410 e. The number of amides is 2. The summed E-state index contributed by atoms with van der Waals surface area (Å²) in [5.74, 6) is -0.338. The van der Waals surface area contributed by atoms with Gasteiger partial charge < -0.3 is 15.4 Å². The summed E-state index contributed by atoms with van der Waals surface area (Å²) in [6.07, 6.45) is -0.315. The number of rotatable bonds is 4. The Morgan fingerprint density at radius 3 is 2.38 bits per heavy atom. The summed E-state index contributed by atoms with van der Waals surface area (Å²) in [5, 5.41) is 0. The summed E-state index contributed by atoms with van der Waals surface area (Å²) in [7, 11) is 0. The van der Waals surface area contributed by atoms with Gasteiger partial charge >= 0.3 is 6.09 Å². The number of hydrogen-bond acceptors (Lipinski definition) is 4. The number of benzene rings is 1. The van der Waals surface area contributed by atoms with Gasteiger partial charge in [-0.3, -0.25) is 9.69 Å². The van der Waals surface area contributed by atoms with Gasteiger partial charge in [-0.2, -0.15) is 0 Å². The Morgan fingerprint density at radius 2 is 1.81 bits per heavy atom. The lowest BCUT2D eigenvalue weighted by Gasteiger charge is -2.36. The van der Waals surface area contributed by atoms with Gasteiger partial charge in [0.1, 0.15) is 6.61 Å². The molecule has 0 bridgehead atoms. The van der Waals surface area contributed by atoms with E-state index in [1.807, 2.05) is 35.2 Å². The Labute approximate surface area is 124 Å². The van der Waals surface area contributed by atoms with Crippen LogP contribution in [0.2, 0.25) is 0 Å². The lowest BCUT2D eigenvalue weighted by Crippen LogP contribution is -2.54. The molecule has 0 radical (unpaired) electrons. The van der Waals surface area contributed by atoms with Crippen molar-refractivity contribution in [2.45, 2.75) is 19.6 Å². The van der Waals surface area contributed by atoms with Crippen molar-refractivity contribution in [1.29, 1.82) is 0 Å². The minimum absolute atomic E-state index is 0.275. The molecule has 6 heteroatoms. The molecule has 0 aliphatic carbocycles. The Morgan fingerprint density at radius 1 is 1.19 bits per heavy atom. The molecule has 2 N–H and O–H groups in total. The molecule has 1 aromatic carbocycles. The van der Waals surface area contributed by atoms with Crippen molar-refractivity contribution in [3.8, 4) is 0 Å². The first kappa shape index (κ1) is 15.3. The molecule has 114 valence electrons. The van der Waals surface area contributed by atoms with E-state index in [1.54, 1.807) is 11.8 Å². The number of nitrogens with zero attached hydrogens (tertiary/aromatic N) is 2. The van der Waals surface area contributed by atoms with Gasteiger partial charge in [-0.25, -0.2) is 4.79 Å². The zero-order chi connectivity index (χ0) is 15.2. The third-order valence-electron chi connectivity index (χ3n) is 3.74. The molecule has 1 heterocycles. The van der Waals surface area contributed by atoms with Crippen LogP contribution >= 0.6 is 0 Å². The predicted molar refractivity (Wildman–Crippen MR) is 78.4 cm³/mol. The molecule has 0 aromatic heterocycles. The van der Waals surface area contributed by atoms with E-state index >= 15 is 0 Å². The Hall–Kier alpha value is -2.08. The fourth-order valence-electron chi connectivity index (χ4n) is 2.28. The van der Waals surface area contributed by atoms with Crippen molar-refractivity contribution in [3.63, 3.8) is 0 Å². The molecule has 0 spiro atoms. The SMILES string of the molecule is CC(C(N)=O)N1CCN(C(=O)OCc2ccccc2)CC1. The van der Waals surface area contributed by atoms with Gasteiger partial charge in [0.15, 0.2) is 0 Å². The highest BCUT2D eigenvalue weighted by molar-refractivity contribution is 5.79. The molecular formula is C15H21N3O3. The molecule has 1 atom stereocenters. The highest BCUT2D eigenvalue weighted by Crippen LogP contribution is 2.09. The van der Waals surface area contributed by atoms with Crippen molar-refractivity contribution >= 4 is 12.0 Å². The Balaban J connectivity index is 1.77. The predicted octanol–water partition coefficient (Wildman–Crippen LogP) is 0.815. The summed E-state index contributed by atoms with van der Waals surface area (Å²) in [4.78, 5) is 26.8. The van der Waals surface area contributed by atoms with Crippen LogP contribution in [0.1, 0.15) is 12.5 Å². The fourth-order valence-corrected chi connectivity index (χ4v) is 2.28. The van der Waals surface area contributed by atoms with Crippen molar-refractivity contribution in [2.24, 2.45) is 5.73 Å². The van der Waals surface area contributed by atoms with E-state index in [1.165, 1.54) is 0 Å². The zero-order valence-corrected chi connectivity index (χ0v) is 12.2. The maximum absolute atomic E-state index is 12.0. The van der Waals surface area contributed by atoms with E-state index in [4.69, 9.17) is 10.5 Å². The number of carbonyl (C=O) groups excluding carboxylic acids is 2. The van der Waals surface area contributed by atoms with Gasteiger partial charge in [-0.05, 0) is 12.5 Å². The largest absolute Gasteiger partial charge is 0.445 e. The standard InChI is InChI=1S/C15H21N3O3/c1-12(14(16)19)17-7-9-18(10-8-17)15(20)21-11-13-5-3-2-4-6-13/h2-6,12H,7-11H2,1H3,(H2,16,19). The molecular weight excluding hydrogens is 270 g/mol. The second-order valence-corrected chi connectivity index (χ2v) is 5.14. The van der Waals surface area contributed by atoms with Crippen LogP contribution in [0.3, 0.4) is 0 Å². The number of nitrogens with two attached hydrogens (primary N) is 1. The van der Waals surface area contributed by atoms with Gasteiger partial charge in [0, 0.05) is 26.2 Å². The molecule has 1 aromatic rings. The van der Waals surface area contributed by atoms with E-state index < -0.39 is 0 Å². The van der Waals surface area contributed by atoms with Gasteiger partial charge in [0.25, 0.3) is 0 Å². The van der Waals surface area contributed by atoms with E-state index in [0.29, 0.717) is 26.2 Å². The number of piperazine rings is 1. The van der Waals surface area contributed by atoms with E-state index in [2.05, 4.69) is 0 Å². The van der Waals surface area contributed by atoms with E-state index in [9.17, 15) is 9.59 Å². The second kappa shape index (κ2) is 7.08. The number of primary amides is 1. The van der Waals surface area contributed by atoms with Crippen LogP contribution in [0.5, 0.6) is 0 Å². The molecule has 1 aliphatic rings. The lowest BCUT2D eigenvalue weighted by atomic mass is 10.2. The molecule has 2 amide bonds. The first-order valence-corrected chi connectivity index (χ1v) is 7.07. The highest BCUT2D eigenvalue weighted by Gasteiger charge is 2.26. The third-order valence-corrected chi connectivity index (χ3v) is 3.74. The maximum atomic E-state index is 12.0. The van der Waals surface area contributed by atoms with Crippen LogP contribution in [-0.4, -0.2) is 54.0 Å². The van der Waals surface area contributed by atoms with Crippen LogP contribution in [0, 0.1) is 0 Å². The molecule has 6 nitrogen and oxygen atoms in total. The summed E-state index contributed by atoms with van der Waals surface area (Å²) in [5.41, 5.74) is 6.25. The van der Waals surface area contributed by atoms with E-state index in [-0.39, 0.29) is 24.6 Å². The molecule has 1 saturated heterocycles. The second-order valence-electron chi connectivity index (χ2n) is 5.14. The summed E-state index contributed by atoms with van der Waals surface area (Å²) >= 11 is 0. The molecule has 2 rings (SSSR count). The third kappa shape index (κ3) is 4.19. The van der Waals surface area contributed by atoms with Crippen LogP contribution in [0.25, 0.3) is 0 Å². The molecule has 0 saturated carbocycles. The summed E-state index contributed by atoms with van der Waals surface area (Å²) < 4.78 is 5.29. The molecule has 21 heavy (non-hydrogen) atoms. The minimum Gasteiger partial charge on any atom is -0.445 e. The van der Waals surface area contributed by atoms with Gasteiger partial charge in [-0.15, -0.1) is 0 Å². The van der Waals surface area contributed by atoms with Crippen LogP contribution < -0.4 is 5.73 Å². The number of carbonyl (C=O) groups is 2. The summed E-state index contributed by atoms with van der Waals surface area (Å²) in [6, 6.07) is 9.28. The average Bonchev–Trinajstić information content (AvgIpc) is 2.53. The van der Waals surface area contributed by atoms with Crippen LogP contribution in [0.15, 0.2) is 30.3 Å².